The van der Waals surface area contributed by atoms with E-state index >= 15 is 0 Å². The Morgan fingerprint density at radius 3 is 2.57 bits per heavy atom. The molecule has 160 valence electrons. The molecule has 0 radical (unpaired) electrons. The van der Waals surface area contributed by atoms with Gasteiger partial charge in [-0.3, -0.25) is 0 Å². The molecule has 3 aromatic rings. The first-order valence-corrected chi connectivity index (χ1v) is 10.7. The Morgan fingerprint density at radius 1 is 1.00 bits per heavy atom. The highest BCUT2D eigenvalue weighted by molar-refractivity contribution is 6.31. The van der Waals surface area contributed by atoms with Gasteiger partial charge in [0.15, 0.2) is 11.5 Å². The predicted octanol–water partition coefficient (Wildman–Crippen LogP) is 5.37. The summed E-state index contributed by atoms with van der Waals surface area (Å²) >= 11 is 12.7. The Hall–Kier alpha value is -2.51. The van der Waals surface area contributed by atoms with Gasteiger partial charge in [-0.25, -0.2) is 4.68 Å². The zero-order valence-electron chi connectivity index (χ0n) is 17.1. The van der Waals surface area contributed by atoms with Gasteiger partial charge in [-0.1, -0.05) is 59.8 Å². The van der Waals surface area contributed by atoms with Crippen LogP contribution >= 0.6 is 23.2 Å². The Kier molecular flexibility index (Phi) is 8.16. The second-order valence-corrected chi connectivity index (χ2v) is 7.45. The lowest BCUT2D eigenvalue weighted by molar-refractivity contribution is 0.269. The molecule has 1 aromatic heterocycles. The van der Waals surface area contributed by atoms with Crippen LogP contribution in [0, 0.1) is 0 Å². The Labute approximate surface area is 186 Å². The Bertz CT molecular complexity index is 964. The van der Waals surface area contributed by atoms with E-state index in [9.17, 15) is 0 Å². The summed E-state index contributed by atoms with van der Waals surface area (Å²) in [6.45, 7) is 6.09. The lowest BCUT2D eigenvalue weighted by Gasteiger charge is -2.16. The Balaban J connectivity index is 1.72. The number of aryl methyl sites for hydroxylation is 1. The molecule has 30 heavy (non-hydrogen) atoms. The van der Waals surface area contributed by atoms with Crippen molar-refractivity contribution in [2.24, 2.45) is 0 Å². The number of rotatable bonds is 11. The quantitative estimate of drug-likeness (QED) is 0.424. The zero-order chi connectivity index (χ0) is 21.3. The van der Waals surface area contributed by atoms with Crippen molar-refractivity contribution in [2.45, 2.75) is 46.4 Å². The molecule has 0 unspecified atom stereocenters. The summed E-state index contributed by atoms with van der Waals surface area (Å²) < 4.78 is 13.5. The molecule has 0 amide bonds. The van der Waals surface area contributed by atoms with Gasteiger partial charge in [0.05, 0.1) is 6.61 Å². The van der Waals surface area contributed by atoms with E-state index in [-0.39, 0.29) is 0 Å². The minimum absolute atomic E-state index is 0.319. The first-order valence-electron chi connectivity index (χ1n) is 9.93. The van der Waals surface area contributed by atoms with E-state index in [0.717, 1.165) is 30.5 Å². The molecule has 0 saturated carbocycles. The van der Waals surface area contributed by atoms with Gasteiger partial charge in [0, 0.05) is 34.8 Å². The molecule has 9 heteroatoms. The number of halogens is 2. The molecule has 0 aliphatic heterocycles. The number of nitrogens with zero attached hydrogens (tertiary/aromatic N) is 4. The highest BCUT2D eigenvalue weighted by atomic mass is 35.5. The number of tetrazole rings is 1. The van der Waals surface area contributed by atoms with E-state index in [4.69, 9.17) is 32.7 Å². The topological polar surface area (TPSA) is 74.1 Å². The maximum atomic E-state index is 6.52. The number of hydrogen-bond acceptors (Lipinski definition) is 6. The number of aromatic nitrogens is 4. The van der Waals surface area contributed by atoms with Gasteiger partial charge in [0.2, 0.25) is 5.95 Å². The fourth-order valence-corrected chi connectivity index (χ4v) is 3.24. The number of benzene rings is 2. The number of anilines is 1. The SMILES string of the molecule is CCCCn1nnnc1NCc1cc(OCC)c(OCc2ccccc2Cl)cc1Cl. The van der Waals surface area contributed by atoms with Crippen LogP contribution in [0.5, 0.6) is 11.5 Å². The summed E-state index contributed by atoms with van der Waals surface area (Å²) in [4.78, 5) is 0. The third kappa shape index (κ3) is 5.77. The monoisotopic (exact) mass is 449 g/mol. The predicted molar refractivity (Wildman–Crippen MR) is 118 cm³/mol. The molecular formula is C21H25Cl2N5O2. The maximum Gasteiger partial charge on any atom is 0.243 e. The van der Waals surface area contributed by atoms with Gasteiger partial charge in [0.1, 0.15) is 6.61 Å². The summed E-state index contributed by atoms with van der Waals surface area (Å²) in [5.41, 5.74) is 1.75. The fraction of sp³-hybridized carbons (Fsp3) is 0.381. The summed E-state index contributed by atoms with van der Waals surface area (Å²) in [6.07, 6.45) is 2.07. The van der Waals surface area contributed by atoms with Crippen molar-refractivity contribution < 1.29 is 9.47 Å². The van der Waals surface area contributed by atoms with Crippen molar-refractivity contribution in [3.63, 3.8) is 0 Å². The number of nitrogens with one attached hydrogen (secondary N) is 1. The van der Waals surface area contributed by atoms with Gasteiger partial charge in [0.25, 0.3) is 0 Å². The fourth-order valence-electron chi connectivity index (χ4n) is 2.83. The molecule has 0 aliphatic rings. The minimum Gasteiger partial charge on any atom is -0.490 e. The second kappa shape index (κ2) is 11.0. The van der Waals surface area contributed by atoms with E-state index < -0.39 is 0 Å². The van der Waals surface area contributed by atoms with Crippen LogP contribution in [-0.4, -0.2) is 26.8 Å². The molecule has 0 atom stereocenters. The van der Waals surface area contributed by atoms with E-state index in [2.05, 4.69) is 27.8 Å². The largest absolute Gasteiger partial charge is 0.490 e. The zero-order valence-corrected chi connectivity index (χ0v) is 18.6. The molecule has 0 aliphatic carbocycles. The molecule has 0 saturated heterocycles. The van der Waals surface area contributed by atoms with E-state index in [1.165, 1.54) is 0 Å². The lowest BCUT2D eigenvalue weighted by atomic mass is 10.2. The first-order chi connectivity index (χ1) is 14.6. The Morgan fingerprint density at radius 2 is 1.80 bits per heavy atom. The van der Waals surface area contributed by atoms with E-state index in [1.807, 2.05) is 37.3 Å². The number of ether oxygens (including phenoxy) is 2. The average Bonchev–Trinajstić information content (AvgIpc) is 3.19. The van der Waals surface area contributed by atoms with Crippen LogP contribution in [0.25, 0.3) is 0 Å². The third-order valence-corrected chi connectivity index (χ3v) is 5.17. The lowest BCUT2D eigenvalue weighted by Crippen LogP contribution is -2.10. The van der Waals surface area contributed by atoms with Crippen LogP contribution in [-0.2, 0) is 19.7 Å². The second-order valence-electron chi connectivity index (χ2n) is 6.64. The summed E-state index contributed by atoms with van der Waals surface area (Å²) in [7, 11) is 0. The van der Waals surface area contributed by atoms with Crippen molar-refractivity contribution in [1.82, 2.24) is 20.2 Å². The standard InChI is InChI=1S/C21H25Cl2N5O2/c1-3-5-10-28-21(25-26-27-28)24-13-16-11-19(29-4-2)20(12-18(16)23)30-14-15-8-6-7-9-17(15)22/h6-9,11-12H,3-5,10,13-14H2,1-2H3,(H,24,25,27). The number of hydrogen-bond donors (Lipinski definition) is 1. The van der Waals surface area contributed by atoms with Crippen LogP contribution in [0.1, 0.15) is 37.8 Å². The highest BCUT2D eigenvalue weighted by Crippen LogP contribution is 2.35. The van der Waals surface area contributed by atoms with Crippen LogP contribution < -0.4 is 14.8 Å². The molecule has 3 rings (SSSR count). The van der Waals surface area contributed by atoms with Gasteiger partial charge in [-0.15, -0.1) is 0 Å². The molecule has 1 N–H and O–H groups in total. The molecule has 0 fully saturated rings. The third-order valence-electron chi connectivity index (χ3n) is 4.45. The molecule has 7 nitrogen and oxygen atoms in total. The van der Waals surface area contributed by atoms with Crippen molar-refractivity contribution in [1.29, 1.82) is 0 Å². The average molecular weight is 450 g/mol. The van der Waals surface area contributed by atoms with Crippen molar-refractivity contribution >= 4 is 29.2 Å². The van der Waals surface area contributed by atoms with E-state index in [0.29, 0.717) is 47.3 Å². The highest BCUT2D eigenvalue weighted by Gasteiger charge is 2.13. The van der Waals surface area contributed by atoms with Crippen molar-refractivity contribution in [3.05, 3.63) is 57.6 Å². The van der Waals surface area contributed by atoms with E-state index in [1.54, 1.807) is 10.7 Å². The summed E-state index contributed by atoms with van der Waals surface area (Å²) in [5, 5.41) is 16.3. The summed E-state index contributed by atoms with van der Waals surface area (Å²) in [6, 6.07) is 11.2. The molecule has 0 spiro atoms. The van der Waals surface area contributed by atoms with Crippen LogP contribution in [0.3, 0.4) is 0 Å². The van der Waals surface area contributed by atoms with Crippen LogP contribution in [0.15, 0.2) is 36.4 Å². The van der Waals surface area contributed by atoms with Crippen LogP contribution in [0.2, 0.25) is 10.0 Å². The smallest absolute Gasteiger partial charge is 0.243 e. The van der Waals surface area contributed by atoms with Crippen molar-refractivity contribution in [3.8, 4) is 11.5 Å². The molecule has 1 heterocycles. The van der Waals surface area contributed by atoms with Gasteiger partial charge in [-0.05, 0) is 41.5 Å². The molecular weight excluding hydrogens is 425 g/mol. The minimum atomic E-state index is 0.319. The van der Waals surface area contributed by atoms with Crippen LogP contribution in [0.4, 0.5) is 5.95 Å². The first kappa shape index (κ1) is 22.2. The van der Waals surface area contributed by atoms with Gasteiger partial charge < -0.3 is 14.8 Å². The van der Waals surface area contributed by atoms with Crippen molar-refractivity contribution in [2.75, 3.05) is 11.9 Å². The number of unbranched alkanes of at least 4 members (excludes halogenated alkanes) is 1. The summed E-state index contributed by atoms with van der Waals surface area (Å²) in [5.74, 6) is 1.80. The normalized spacial score (nSPS) is 10.8. The van der Waals surface area contributed by atoms with Gasteiger partial charge >= 0.3 is 0 Å². The molecule has 0 bridgehead atoms. The molecule has 2 aromatic carbocycles. The maximum absolute atomic E-state index is 6.52. The van der Waals surface area contributed by atoms with Gasteiger partial charge in [-0.2, -0.15) is 0 Å².